The van der Waals surface area contributed by atoms with Gasteiger partial charge in [-0.2, -0.15) is 5.10 Å². The Bertz CT molecular complexity index is 984. The second-order valence-electron chi connectivity index (χ2n) is 7.47. The molecule has 0 radical (unpaired) electrons. The fourth-order valence-electron chi connectivity index (χ4n) is 3.69. The Balaban J connectivity index is 1.38. The van der Waals surface area contributed by atoms with Gasteiger partial charge in [-0.25, -0.2) is 0 Å². The summed E-state index contributed by atoms with van der Waals surface area (Å²) in [5.74, 6) is -0.242. The average Bonchev–Trinajstić information content (AvgIpc) is 3.28. The van der Waals surface area contributed by atoms with Crippen molar-refractivity contribution in [1.82, 2.24) is 19.6 Å². The van der Waals surface area contributed by atoms with Crippen molar-refractivity contribution in [2.75, 3.05) is 7.05 Å². The first-order valence-corrected chi connectivity index (χ1v) is 9.74. The highest BCUT2D eigenvalue weighted by Gasteiger charge is 2.40. The summed E-state index contributed by atoms with van der Waals surface area (Å²) >= 11 is 0. The van der Waals surface area contributed by atoms with Gasteiger partial charge in [0.1, 0.15) is 0 Å². The Morgan fingerprint density at radius 1 is 0.931 bits per heavy atom. The minimum atomic E-state index is -0.427. The number of likely N-dealkylation sites (tertiary alicyclic amines) is 1. The summed E-state index contributed by atoms with van der Waals surface area (Å²) in [6, 6.07) is 19.3. The van der Waals surface area contributed by atoms with Crippen LogP contribution in [0.15, 0.2) is 73.1 Å². The predicted molar refractivity (Wildman–Crippen MR) is 110 cm³/mol. The first-order valence-electron chi connectivity index (χ1n) is 9.74. The molecule has 1 aliphatic heterocycles. The maximum absolute atomic E-state index is 12.8. The van der Waals surface area contributed by atoms with Gasteiger partial charge in [0.05, 0.1) is 31.7 Å². The van der Waals surface area contributed by atoms with Crippen molar-refractivity contribution in [2.24, 2.45) is 0 Å². The van der Waals surface area contributed by atoms with E-state index in [0.717, 1.165) is 11.1 Å². The Morgan fingerprint density at radius 2 is 1.55 bits per heavy atom. The molecule has 6 nitrogen and oxygen atoms in total. The lowest BCUT2D eigenvalue weighted by atomic mass is 10.2. The van der Waals surface area contributed by atoms with Crippen molar-refractivity contribution >= 4 is 11.8 Å². The molecule has 0 aliphatic carbocycles. The molecule has 0 spiro atoms. The maximum atomic E-state index is 12.8. The summed E-state index contributed by atoms with van der Waals surface area (Å²) in [4.78, 5) is 28.6. The molecule has 6 heteroatoms. The number of likely N-dealkylation sites (N-methyl/N-ethyl adjacent to an activating group) is 1. The first-order chi connectivity index (χ1) is 14.1. The van der Waals surface area contributed by atoms with Crippen molar-refractivity contribution < 1.29 is 9.59 Å². The molecule has 1 fully saturated rings. The zero-order valence-corrected chi connectivity index (χ0v) is 16.4. The van der Waals surface area contributed by atoms with Gasteiger partial charge in [0, 0.05) is 18.3 Å². The summed E-state index contributed by atoms with van der Waals surface area (Å²) in [5, 5.41) is 4.42. The topological polar surface area (TPSA) is 58.4 Å². The van der Waals surface area contributed by atoms with Gasteiger partial charge >= 0.3 is 0 Å². The van der Waals surface area contributed by atoms with E-state index in [1.807, 2.05) is 77.6 Å². The van der Waals surface area contributed by atoms with Crippen LogP contribution in [0.2, 0.25) is 0 Å². The lowest BCUT2D eigenvalue weighted by Crippen LogP contribution is -2.39. The van der Waals surface area contributed by atoms with Crippen LogP contribution in [0.3, 0.4) is 0 Å². The largest absolute Gasteiger partial charge is 0.290 e. The van der Waals surface area contributed by atoms with Crippen LogP contribution < -0.4 is 0 Å². The van der Waals surface area contributed by atoms with E-state index in [4.69, 9.17) is 0 Å². The van der Waals surface area contributed by atoms with Gasteiger partial charge in [-0.15, -0.1) is 0 Å². The zero-order valence-electron chi connectivity index (χ0n) is 16.4. The van der Waals surface area contributed by atoms with Gasteiger partial charge in [-0.05, 0) is 18.2 Å². The highest BCUT2D eigenvalue weighted by atomic mass is 16.2. The Kier molecular flexibility index (Phi) is 5.53. The number of rotatable bonds is 7. The molecule has 2 amide bonds. The third kappa shape index (κ3) is 4.43. The number of amides is 2. The van der Waals surface area contributed by atoms with Gasteiger partial charge in [-0.1, -0.05) is 60.7 Å². The van der Waals surface area contributed by atoms with Crippen LogP contribution in [0.25, 0.3) is 0 Å². The number of hydrogen-bond donors (Lipinski definition) is 0. The number of aromatic nitrogens is 2. The third-order valence-corrected chi connectivity index (χ3v) is 5.24. The number of carbonyl (C=O) groups is 2. The maximum Gasteiger partial charge on any atom is 0.247 e. The zero-order chi connectivity index (χ0) is 20.2. The number of hydrogen-bond acceptors (Lipinski definition) is 4. The molecule has 3 aromatic rings. The van der Waals surface area contributed by atoms with Crippen molar-refractivity contribution in [3.8, 4) is 0 Å². The Labute approximate surface area is 170 Å². The highest BCUT2D eigenvalue weighted by molar-refractivity contribution is 6.05. The standard InChI is InChI=1S/C23H24N4O2/c1-25(14-20-13-24-26(16-20)15-18-8-4-2-5-9-18)21-12-22(28)27(23(21)29)17-19-10-6-3-7-11-19/h2-11,13,16,21H,12,14-15,17H2,1H3/t21-/m1/s1. The van der Waals surface area contributed by atoms with Crippen molar-refractivity contribution in [1.29, 1.82) is 0 Å². The lowest BCUT2D eigenvalue weighted by molar-refractivity contribution is -0.140. The molecular formula is C23H24N4O2. The molecule has 1 atom stereocenters. The molecule has 0 saturated carbocycles. The van der Waals surface area contributed by atoms with Crippen LogP contribution >= 0.6 is 0 Å². The fraction of sp³-hybridized carbons (Fsp3) is 0.261. The second-order valence-corrected chi connectivity index (χ2v) is 7.47. The number of benzene rings is 2. The van der Waals surface area contributed by atoms with Gasteiger partial charge in [0.25, 0.3) is 0 Å². The summed E-state index contributed by atoms with van der Waals surface area (Å²) in [5.41, 5.74) is 3.16. The normalized spacial score (nSPS) is 16.8. The van der Waals surface area contributed by atoms with Crippen LogP contribution in [0.4, 0.5) is 0 Å². The van der Waals surface area contributed by atoms with Crippen LogP contribution in [-0.2, 0) is 29.2 Å². The van der Waals surface area contributed by atoms with Crippen LogP contribution in [-0.4, -0.2) is 44.5 Å². The summed E-state index contributed by atoms with van der Waals surface area (Å²) in [7, 11) is 1.89. The highest BCUT2D eigenvalue weighted by Crippen LogP contribution is 2.21. The SMILES string of the molecule is CN(Cc1cnn(Cc2ccccc2)c1)[C@@H]1CC(=O)N(Cc2ccccc2)C1=O. The molecule has 2 heterocycles. The molecule has 2 aromatic carbocycles. The molecule has 1 aromatic heterocycles. The van der Waals surface area contributed by atoms with E-state index in [9.17, 15) is 9.59 Å². The summed E-state index contributed by atoms with van der Waals surface area (Å²) < 4.78 is 1.89. The molecule has 29 heavy (non-hydrogen) atoms. The number of imide groups is 1. The molecule has 4 rings (SSSR count). The van der Waals surface area contributed by atoms with Crippen molar-refractivity contribution in [3.63, 3.8) is 0 Å². The molecule has 0 N–H and O–H groups in total. The molecule has 1 aliphatic rings. The van der Waals surface area contributed by atoms with Crippen molar-refractivity contribution in [2.45, 2.75) is 32.1 Å². The fourth-order valence-corrected chi connectivity index (χ4v) is 3.69. The molecular weight excluding hydrogens is 364 g/mol. The van der Waals surface area contributed by atoms with Crippen molar-refractivity contribution in [3.05, 3.63) is 89.7 Å². The second kappa shape index (κ2) is 8.41. The molecule has 1 saturated heterocycles. The van der Waals surface area contributed by atoms with Crippen LogP contribution in [0, 0.1) is 0 Å². The van der Waals surface area contributed by atoms with Crippen LogP contribution in [0.5, 0.6) is 0 Å². The van der Waals surface area contributed by atoms with E-state index in [1.165, 1.54) is 10.5 Å². The predicted octanol–water partition coefficient (Wildman–Crippen LogP) is 2.69. The minimum absolute atomic E-state index is 0.115. The van der Waals surface area contributed by atoms with E-state index in [2.05, 4.69) is 17.2 Å². The summed E-state index contributed by atoms with van der Waals surface area (Å²) in [6.07, 6.45) is 4.04. The van der Waals surface area contributed by atoms with Gasteiger partial charge in [0.15, 0.2) is 0 Å². The van der Waals surface area contributed by atoms with Crippen LogP contribution in [0.1, 0.15) is 23.1 Å². The van der Waals surface area contributed by atoms with E-state index >= 15 is 0 Å². The summed E-state index contributed by atoms with van der Waals surface area (Å²) in [6.45, 7) is 1.60. The quantitative estimate of drug-likeness (QED) is 0.584. The Hall–Kier alpha value is -3.25. The lowest BCUT2D eigenvalue weighted by Gasteiger charge is -2.22. The number of carbonyl (C=O) groups excluding carboxylic acids is 2. The molecule has 0 bridgehead atoms. The van der Waals surface area contributed by atoms with E-state index < -0.39 is 6.04 Å². The first kappa shape index (κ1) is 19.1. The molecule has 0 unspecified atom stereocenters. The van der Waals surface area contributed by atoms with Gasteiger partial charge < -0.3 is 0 Å². The average molecular weight is 388 g/mol. The number of nitrogens with zero attached hydrogens (tertiary/aromatic N) is 4. The van der Waals surface area contributed by atoms with Gasteiger partial charge in [0.2, 0.25) is 11.8 Å². The Morgan fingerprint density at radius 3 is 2.21 bits per heavy atom. The van der Waals surface area contributed by atoms with E-state index in [1.54, 1.807) is 0 Å². The van der Waals surface area contributed by atoms with Gasteiger partial charge in [-0.3, -0.25) is 24.1 Å². The van der Waals surface area contributed by atoms with E-state index in [0.29, 0.717) is 19.6 Å². The van der Waals surface area contributed by atoms with E-state index in [-0.39, 0.29) is 18.2 Å². The minimum Gasteiger partial charge on any atom is -0.290 e. The smallest absolute Gasteiger partial charge is 0.247 e. The molecule has 148 valence electrons. The third-order valence-electron chi connectivity index (χ3n) is 5.24. The monoisotopic (exact) mass is 388 g/mol.